The molecule has 3 rings (SSSR count). The molecule has 1 aromatic heterocycles. The molecule has 1 N–H and O–H groups in total. The molecule has 0 spiro atoms. The van der Waals surface area contributed by atoms with Crippen LogP contribution in [-0.4, -0.2) is 28.1 Å². The first-order valence-corrected chi connectivity index (χ1v) is 9.75. The van der Waals surface area contributed by atoms with E-state index in [-0.39, 0.29) is 33.9 Å². The third kappa shape index (κ3) is 3.84. The first-order valence-electron chi connectivity index (χ1n) is 8.26. The first kappa shape index (κ1) is 19.4. The molecule has 1 heterocycles. The van der Waals surface area contributed by atoms with E-state index in [0.717, 1.165) is 6.07 Å². The summed E-state index contributed by atoms with van der Waals surface area (Å²) < 4.78 is 43.1. The number of nitrogens with one attached hydrogen (secondary N) is 1. The van der Waals surface area contributed by atoms with Crippen molar-refractivity contribution in [3.63, 3.8) is 0 Å². The fourth-order valence-corrected chi connectivity index (χ4v) is 3.58. The fraction of sp³-hybridized carbons (Fsp3) is 0.158. The van der Waals surface area contributed by atoms with Gasteiger partial charge in [0.1, 0.15) is 5.75 Å². The van der Waals surface area contributed by atoms with E-state index in [1.807, 2.05) is 0 Å². The van der Waals surface area contributed by atoms with Crippen molar-refractivity contribution < 1.29 is 27.1 Å². The predicted octanol–water partition coefficient (Wildman–Crippen LogP) is 2.78. The van der Waals surface area contributed by atoms with Crippen LogP contribution >= 0.6 is 0 Å². The van der Waals surface area contributed by atoms with Crippen LogP contribution in [0.4, 0.5) is 5.69 Å². The Kier molecular flexibility index (Phi) is 5.36. The molecule has 0 fully saturated rings. The Morgan fingerprint density at radius 2 is 1.86 bits per heavy atom. The van der Waals surface area contributed by atoms with Crippen LogP contribution < -0.4 is 14.9 Å². The highest BCUT2D eigenvalue weighted by molar-refractivity contribution is 7.92. The number of hydrogen-bond acceptors (Lipinski definition) is 7. The molecular weight excluding hydrogens is 386 g/mol. The average molecular weight is 403 g/mol. The summed E-state index contributed by atoms with van der Waals surface area (Å²) in [4.78, 5) is 24.2. The fourth-order valence-electron chi connectivity index (χ4n) is 2.52. The Balaban J connectivity index is 2.06. The molecule has 9 heteroatoms. The zero-order valence-electron chi connectivity index (χ0n) is 15.1. The number of sulfonamides is 1. The average Bonchev–Trinajstić information content (AvgIpc) is 2.68. The van der Waals surface area contributed by atoms with Crippen LogP contribution in [-0.2, 0) is 14.8 Å². The van der Waals surface area contributed by atoms with Gasteiger partial charge in [-0.25, -0.2) is 13.2 Å². The smallest absolute Gasteiger partial charge is 0.374 e. The van der Waals surface area contributed by atoms with Gasteiger partial charge < -0.3 is 13.9 Å². The molecule has 0 aliphatic carbocycles. The summed E-state index contributed by atoms with van der Waals surface area (Å²) in [6, 6.07) is 11.2. The Hall–Kier alpha value is -3.33. The van der Waals surface area contributed by atoms with Gasteiger partial charge in [-0.1, -0.05) is 6.07 Å². The third-order valence-corrected chi connectivity index (χ3v) is 5.23. The second-order valence-corrected chi connectivity index (χ2v) is 7.34. The number of hydrogen-bond donors (Lipinski definition) is 1. The lowest BCUT2D eigenvalue weighted by Crippen LogP contribution is -2.15. The molecule has 0 radical (unpaired) electrons. The van der Waals surface area contributed by atoms with Crippen molar-refractivity contribution in [1.82, 2.24) is 0 Å². The summed E-state index contributed by atoms with van der Waals surface area (Å²) in [5.74, 6) is -0.612. The van der Waals surface area contributed by atoms with Gasteiger partial charge in [0, 0.05) is 6.07 Å². The van der Waals surface area contributed by atoms with Gasteiger partial charge in [-0.3, -0.25) is 9.52 Å². The molecule has 0 aliphatic rings. The molecule has 0 aliphatic heterocycles. The largest absolute Gasteiger partial charge is 0.497 e. The monoisotopic (exact) mass is 403 g/mol. The van der Waals surface area contributed by atoms with Crippen molar-refractivity contribution in [2.75, 3.05) is 18.4 Å². The lowest BCUT2D eigenvalue weighted by Gasteiger charge is -2.11. The molecule has 2 aromatic carbocycles. The number of carbonyl (C=O) groups excluding carboxylic acids is 1. The highest BCUT2D eigenvalue weighted by atomic mass is 32.2. The van der Waals surface area contributed by atoms with E-state index >= 15 is 0 Å². The van der Waals surface area contributed by atoms with Crippen LogP contribution in [0.5, 0.6) is 5.75 Å². The van der Waals surface area contributed by atoms with Crippen molar-refractivity contribution >= 4 is 32.6 Å². The summed E-state index contributed by atoms with van der Waals surface area (Å²) >= 11 is 0. The van der Waals surface area contributed by atoms with Crippen molar-refractivity contribution in [3.05, 3.63) is 64.5 Å². The summed E-state index contributed by atoms with van der Waals surface area (Å²) in [6.45, 7) is 1.72. The topological polar surface area (TPSA) is 112 Å². The zero-order valence-corrected chi connectivity index (χ0v) is 15.9. The second-order valence-electron chi connectivity index (χ2n) is 5.66. The number of methoxy groups -OCH3 is 1. The lowest BCUT2D eigenvalue weighted by atomic mass is 10.2. The second kappa shape index (κ2) is 7.73. The van der Waals surface area contributed by atoms with Crippen LogP contribution in [0.25, 0.3) is 11.0 Å². The molecule has 3 aromatic rings. The van der Waals surface area contributed by atoms with Crippen molar-refractivity contribution in [1.29, 1.82) is 0 Å². The molecular formula is C19H17NO7S. The normalized spacial score (nSPS) is 11.2. The molecule has 0 unspecified atom stereocenters. The number of para-hydroxylation sites is 1. The van der Waals surface area contributed by atoms with Crippen LogP contribution in [0.3, 0.4) is 0 Å². The molecule has 0 bridgehead atoms. The Bertz CT molecular complexity index is 1180. The number of carbonyl (C=O) groups is 1. The van der Waals surface area contributed by atoms with E-state index in [9.17, 15) is 18.0 Å². The SMILES string of the molecule is CCOC(=O)c1cc(=O)c2cccc(NS(=O)(=O)c3ccc(OC)cc3)c2o1. The summed E-state index contributed by atoms with van der Waals surface area (Å²) in [5, 5.41) is 0.128. The minimum atomic E-state index is -3.97. The number of rotatable bonds is 6. The van der Waals surface area contributed by atoms with Gasteiger partial charge >= 0.3 is 5.97 Å². The van der Waals surface area contributed by atoms with Crippen molar-refractivity contribution in [3.8, 4) is 5.75 Å². The molecule has 0 saturated carbocycles. The minimum absolute atomic E-state index is 0.00537. The Labute approximate surface area is 160 Å². The predicted molar refractivity (Wildman–Crippen MR) is 102 cm³/mol. The third-order valence-electron chi connectivity index (χ3n) is 3.85. The standard InChI is InChI=1S/C19H17NO7S/c1-3-26-19(22)17-11-16(21)14-5-4-6-15(18(14)27-17)20-28(23,24)13-9-7-12(25-2)8-10-13/h4-11,20H,3H2,1-2H3. The van der Waals surface area contributed by atoms with Gasteiger partial charge in [0.2, 0.25) is 5.76 Å². The Morgan fingerprint density at radius 1 is 1.14 bits per heavy atom. The van der Waals surface area contributed by atoms with Gasteiger partial charge in [-0.05, 0) is 43.3 Å². The highest BCUT2D eigenvalue weighted by Gasteiger charge is 2.19. The van der Waals surface area contributed by atoms with E-state index in [1.54, 1.807) is 6.92 Å². The molecule has 0 atom stereocenters. The number of ether oxygens (including phenoxy) is 2. The quantitative estimate of drug-likeness (QED) is 0.630. The Morgan fingerprint density at radius 3 is 2.50 bits per heavy atom. The molecule has 0 amide bonds. The maximum Gasteiger partial charge on any atom is 0.374 e. The van der Waals surface area contributed by atoms with Crippen LogP contribution in [0.1, 0.15) is 17.5 Å². The van der Waals surface area contributed by atoms with Crippen molar-refractivity contribution in [2.45, 2.75) is 11.8 Å². The van der Waals surface area contributed by atoms with E-state index < -0.39 is 21.4 Å². The molecule has 0 saturated heterocycles. The zero-order chi connectivity index (χ0) is 20.3. The van der Waals surface area contributed by atoms with E-state index in [2.05, 4.69) is 4.72 Å². The van der Waals surface area contributed by atoms with Crippen LogP contribution in [0.2, 0.25) is 0 Å². The lowest BCUT2D eigenvalue weighted by molar-refractivity contribution is 0.0490. The highest BCUT2D eigenvalue weighted by Crippen LogP contribution is 2.26. The van der Waals surface area contributed by atoms with Gasteiger partial charge in [0.05, 0.1) is 29.7 Å². The van der Waals surface area contributed by atoms with Gasteiger partial charge in [0.25, 0.3) is 10.0 Å². The summed E-state index contributed by atoms with van der Waals surface area (Å²) in [7, 11) is -2.50. The molecule has 146 valence electrons. The van der Waals surface area contributed by atoms with Crippen LogP contribution in [0, 0.1) is 0 Å². The van der Waals surface area contributed by atoms with E-state index in [1.165, 1.54) is 49.6 Å². The van der Waals surface area contributed by atoms with Gasteiger partial charge in [-0.2, -0.15) is 0 Å². The van der Waals surface area contributed by atoms with Crippen molar-refractivity contribution in [2.24, 2.45) is 0 Å². The number of esters is 1. The van der Waals surface area contributed by atoms with Gasteiger partial charge in [-0.15, -0.1) is 0 Å². The maximum atomic E-state index is 12.7. The van der Waals surface area contributed by atoms with E-state index in [4.69, 9.17) is 13.9 Å². The maximum absolute atomic E-state index is 12.7. The minimum Gasteiger partial charge on any atom is -0.497 e. The number of benzene rings is 2. The van der Waals surface area contributed by atoms with E-state index in [0.29, 0.717) is 5.75 Å². The molecule has 28 heavy (non-hydrogen) atoms. The number of fused-ring (bicyclic) bond motifs is 1. The van der Waals surface area contributed by atoms with Crippen LogP contribution in [0.15, 0.2) is 62.6 Å². The molecule has 8 nitrogen and oxygen atoms in total. The first-order chi connectivity index (χ1) is 13.4. The summed E-state index contributed by atoms with van der Waals surface area (Å²) in [5.41, 5.74) is -0.526. The number of anilines is 1. The summed E-state index contributed by atoms with van der Waals surface area (Å²) in [6.07, 6.45) is 0. The van der Waals surface area contributed by atoms with Gasteiger partial charge in [0.15, 0.2) is 11.0 Å².